The summed E-state index contributed by atoms with van der Waals surface area (Å²) in [5.74, 6) is -0.338. The molecule has 6 rings (SSSR count). The lowest BCUT2D eigenvalue weighted by molar-refractivity contribution is -0.140. The zero-order valence-electron chi connectivity index (χ0n) is 32.0. The van der Waals surface area contributed by atoms with Gasteiger partial charge in [-0.05, 0) is 82.1 Å². The number of likely N-dealkylation sites (tertiary alicyclic amines) is 1. The van der Waals surface area contributed by atoms with Crippen molar-refractivity contribution >= 4 is 56.8 Å². The lowest BCUT2D eigenvalue weighted by Gasteiger charge is -2.39. The van der Waals surface area contributed by atoms with Crippen molar-refractivity contribution in [2.24, 2.45) is 5.92 Å². The van der Waals surface area contributed by atoms with Gasteiger partial charge in [0.25, 0.3) is 11.5 Å². The summed E-state index contributed by atoms with van der Waals surface area (Å²) in [6.07, 6.45) is 4.05. The first-order chi connectivity index (χ1) is 26.9. The number of ether oxygens (including phenoxy) is 1. The van der Waals surface area contributed by atoms with Crippen LogP contribution in [0.3, 0.4) is 0 Å². The number of piperidine rings is 1. The maximum absolute atomic E-state index is 14.0. The van der Waals surface area contributed by atoms with E-state index in [2.05, 4.69) is 20.6 Å². The average Bonchev–Trinajstić information content (AvgIpc) is 3.19. The van der Waals surface area contributed by atoms with E-state index in [9.17, 15) is 24.3 Å². The third-order valence-electron chi connectivity index (χ3n) is 10.3. The van der Waals surface area contributed by atoms with Crippen LogP contribution in [0.25, 0.3) is 21.8 Å². The Labute approximate surface area is 330 Å². The molecule has 294 valence electrons. The molecule has 56 heavy (non-hydrogen) atoms. The van der Waals surface area contributed by atoms with Gasteiger partial charge in [0, 0.05) is 61.2 Å². The van der Waals surface area contributed by atoms with Gasteiger partial charge < -0.3 is 30.3 Å². The molecule has 1 aliphatic rings. The van der Waals surface area contributed by atoms with Gasteiger partial charge in [-0.25, -0.2) is 9.97 Å². The van der Waals surface area contributed by atoms with Crippen LogP contribution in [0.2, 0.25) is 5.02 Å². The number of nitrogens with zero attached hydrogens (tertiary/aromatic N) is 5. The summed E-state index contributed by atoms with van der Waals surface area (Å²) in [6.45, 7) is 1.72. The number of benzene rings is 3. The number of aliphatic hydroxyl groups is 1. The number of nitrogens with one attached hydrogen (secondary N) is 2. The zero-order valence-corrected chi connectivity index (χ0v) is 32.7. The number of rotatable bonds is 15. The number of pyridine rings is 1. The van der Waals surface area contributed by atoms with Gasteiger partial charge in [-0.2, -0.15) is 0 Å². The molecule has 1 saturated heterocycles. The van der Waals surface area contributed by atoms with E-state index in [0.29, 0.717) is 103 Å². The van der Waals surface area contributed by atoms with E-state index in [1.54, 1.807) is 47.4 Å². The number of halogens is 1. The molecule has 13 nitrogen and oxygen atoms in total. The van der Waals surface area contributed by atoms with Crippen molar-refractivity contribution in [1.29, 1.82) is 0 Å². The van der Waals surface area contributed by atoms with Crippen LogP contribution >= 0.6 is 11.6 Å². The summed E-state index contributed by atoms with van der Waals surface area (Å²) in [7, 11) is 5.31. The summed E-state index contributed by atoms with van der Waals surface area (Å²) < 4.78 is 6.64. The summed E-state index contributed by atoms with van der Waals surface area (Å²) in [5, 5.41) is 19.0. The molecule has 1 atom stereocenters. The van der Waals surface area contributed by atoms with E-state index in [0.717, 1.165) is 10.9 Å². The standard InChI is InChI=1S/C42H48ClN7O6/c1-48(2)19-15-37(51)46-31-12-14-33-35(24-31)45-27-50(41(33)54)26-42(55)16-20-49(21-17-42)40(53)30(22-28-8-5-4-6-9-28)10-7-18-44-39(52)29-11-13-32-34(43)25-38(56-3)47-36(32)23-29/h4-6,8-9,11-14,23-25,27,30,55H,7,10,15-22,26H2,1-3H3,(H,44,52)(H,46,51). The van der Waals surface area contributed by atoms with Crippen molar-refractivity contribution in [1.82, 2.24) is 29.7 Å². The van der Waals surface area contributed by atoms with E-state index in [1.807, 2.05) is 49.3 Å². The maximum atomic E-state index is 14.0. The molecule has 1 unspecified atom stereocenters. The van der Waals surface area contributed by atoms with Crippen LogP contribution in [-0.4, -0.2) is 100 Å². The van der Waals surface area contributed by atoms with Crippen LogP contribution < -0.4 is 20.9 Å². The van der Waals surface area contributed by atoms with Crippen LogP contribution in [0.15, 0.2) is 83.9 Å². The molecule has 3 amide bonds. The molecule has 3 N–H and O–H groups in total. The van der Waals surface area contributed by atoms with E-state index >= 15 is 0 Å². The normalized spacial score (nSPS) is 14.5. The fraction of sp³-hybridized carbons (Fsp3) is 0.381. The largest absolute Gasteiger partial charge is 0.481 e. The lowest BCUT2D eigenvalue weighted by Crippen LogP contribution is -2.51. The smallest absolute Gasteiger partial charge is 0.261 e. The minimum absolute atomic E-state index is 0.00260. The molecule has 5 aromatic rings. The quantitative estimate of drug-likeness (QED) is 0.125. The fourth-order valence-electron chi connectivity index (χ4n) is 7.05. The van der Waals surface area contributed by atoms with E-state index in [4.69, 9.17) is 16.3 Å². The van der Waals surface area contributed by atoms with Crippen LogP contribution in [0.4, 0.5) is 5.69 Å². The Morgan fingerprint density at radius 2 is 1.75 bits per heavy atom. The Balaban J connectivity index is 1.05. The van der Waals surface area contributed by atoms with Gasteiger partial charge in [-0.3, -0.25) is 23.7 Å². The Bertz CT molecular complexity index is 2260. The van der Waals surface area contributed by atoms with E-state index < -0.39 is 5.60 Å². The molecule has 0 aliphatic carbocycles. The van der Waals surface area contributed by atoms with Crippen LogP contribution in [0, 0.1) is 5.92 Å². The van der Waals surface area contributed by atoms with Gasteiger partial charge in [0.15, 0.2) is 0 Å². The Kier molecular flexibility index (Phi) is 13.0. The first-order valence-corrected chi connectivity index (χ1v) is 19.2. The van der Waals surface area contributed by atoms with Crippen LogP contribution in [-0.2, 0) is 22.6 Å². The summed E-state index contributed by atoms with van der Waals surface area (Å²) in [5.41, 5.74) is 1.56. The minimum Gasteiger partial charge on any atom is -0.481 e. The number of carbonyl (C=O) groups is 3. The Morgan fingerprint density at radius 3 is 2.48 bits per heavy atom. The van der Waals surface area contributed by atoms with Crippen molar-refractivity contribution in [2.75, 3.05) is 52.7 Å². The second kappa shape index (κ2) is 18.1. The fourth-order valence-corrected chi connectivity index (χ4v) is 7.30. The third kappa shape index (κ3) is 10.1. The first kappa shape index (κ1) is 40.3. The highest BCUT2D eigenvalue weighted by Crippen LogP contribution is 2.28. The zero-order chi connectivity index (χ0) is 39.8. The van der Waals surface area contributed by atoms with Crippen molar-refractivity contribution in [3.8, 4) is 5.88 Å². The number of carbonyl (C=O) groups excluding carboxylic acids is 3. The predicted octanol–water partition coefficient (Wildman–Crippen LogP) is 4.92. The highest BCUT2D eigenvalue weighted by atomic mass is 35.5. The SMILES string of the molecule is COc1cc(Cl)c2ccc(C(=O)NCCCC(Cc3ccccc3)C(=O)N3CCC(O)(Cn4cnc5cc(NC(=O)CCN(C)C)ccc5c4=O)CC3)cc2n1. The number of amides is 3. The van der Waals surface area contributed by atoms with E-state index in [1.165, 1.54) is 18.0 Å². The number of anilines is 1. The molecule has 3 aromatic carbocycles. The number of hydrogen-bond donors (Lipinski definition) is 3. The molecule has 0 radical (unpaired) electrons. The monoisotopic (exact) mass is 781 g/mol. The van der Waals surface area contributed by atoms with Crippen molar-refractivity contribution in [3.63, 3.8) is 0 Å². The highest BCUT2D eigenvalue weighted by Gasteiger charge is 2.36. The van der Waals surface area contributed by atoms with Gasteiger partial charge in [0.1, 0.15) is 0 Å². The molecule has 1 aliphatic heterocycles. The van der Waals surface area contributed by atoms with Crippen LogP contribution in [0.1, 0.15) is 48.0 Å². The van der Waals surface area contributed by atoms with Gasteiger partial charge in [-0.1, -0.05) is 48.0 Å². The number of aromatic nitrogens is 3. The minimum atomic E-state index is -1.20. The summed E-state index contributed by atoms with van der Waals surface area (Å²) in [4.78, 5) is 65.4. The summed E-state index contributed by atoms with van der Waals surface area (Å²) in [6, 6.07) is 21.6. The van der Waals surface area contributed by atoms with Crippen molar-refractivity contribution in [2.45, 2.75) is 50.7 Å². The topological polar surface area (TPSA) is 159 Å². The van der Waals surface area contributed by atoms with Gasteiger partial charge in [0.05, 0.1) is 47.0 Å². The number of methoxy groups -OCH3 is 1. The first-order valence-electron chi connectivity index (χ1n) is 18.8. The lowest BCUT2D eigenvalue weighted by atomic mass is 9.88. The third-order valence-corrected chi connectivity index (χ3v) is 10.6. The Hall–Kier alpha value is -5.37. The van der Waals surface area contributed by atoms with Gasteiger partial charge in [-0.15, -0.1) is 0 Å². The van der Waals surface area contributed by atoms with Crippen molar-refractivity contribution < 1.29 is 24.2 Å². The van der Waals surface area contributed by atoms with Gasteiger partial charge in [0.2, 0.25) is 17.7 Å². The van der Waals surface area contributed by atoms with Crippen molar-refractivity contribution in [3.05, 3.63) is 106 Å². The molecule has 0 spiro atoms. The maximum Gasteiger partial charge on any atom is 0.261 e. The number of hydrogen-bond acceptors (Lipinski definition) is 9. The summed E-state index contributed by atoms with van der Waals surface area (Å²) >= 11 is 6.35. The molecule has 3 heterocycles. The predicted molar refractivity (Wildman–Crippen MR) is 217 cm³/mol. The van der Waals surface area contributed by atoms with Crippen LogP contribution in [0.5, 0.6) is 5.88 Å². The molecule has 2 aromatic heterocycles. The highest BCUT2D eigenvalue weighted by molar-refractivity contribution is 6.35. The number of fused-ring (bicyclic) bond motifs is 2. The average molecular weight is 782 g/mol. The second-order valence-corrected chi connectivity index (χ2v) is 15.1. The van der Waals surface area contributed by atoms with E-state index in [-0.39, 0.29) is 35.7 Å². The van der Waals surface area contributed by atoms with Gasteiger partial charge >= 0.3 is 0 Å². The Morgan fingerprint density at radius 1 is 1.00 bits per heavy atom. The molecule has 0 bridgehead atoms. The molecule has 14 heteroatoms. The molecular formula is C42H48ClN7O6. The molecule has 0 saturated carbocycles. The molecular weight excluding hydrogens is 734 g/mol. The molecule has 1 fully saturated rings. The second-order valence-electron chi connectivity index (χ2n) is 14.7.